The summed E-state index contributed by atoms with van der Waals surface area (Å²) in [6.07, 6.45) is -0.938. The third kappa shape index (κ3) is 4.14. The Morgan fingerprint density at radius 2 is 2.10 bits per heavy atom. The number of rotatable bonds is 7. The van der Waals surface area contributed by atoms with Crippen LogP contribution in [0.5, 0.6) is 0 Å². The number of nitrogens with zero attached hydrogens (tertiary/aromatic N) is 3. The van der Waals surface area contributed by atoms with Crippen LogP contribution in [-0.4, -0.2) is 26.6 Å². The van der Waals surface area contributed by atoms with Gasteiger partial charge in [-0.05, 0) is 44.2 Å². The highest BCUT2D eigenvalue weighted by molar-refractivity contribution is 7.21. The minimum absolute atomic E-state index is 0.0785. The molecular formula is C20H20ClF2N5O2S. The molecule has 0 aliphatic heterocycles. The molecular weight excluding hydrogens is 448 g/mol. The minimum atomic E-state index is -2.73. The van der Waals surface area contributed by atoms with Gasteiger partial charge in [0, 0.05) is 11.8 Å². The molecule has 3 heterocycles. The lowest BCUT2D eigenvalue weighted by Gasteiger charge is -2.10. The molecule has 0 spiro atoms. The number of aryl methyl sites for hydroxylation is 2. The maximum Gasteiger partial charge on any atom is 0.280 e. The van der Waals surface area contributed by atoms with Crippen molar-refractivity contribution in [2.45, 2.75) is 52.0 Å². The molecule has 1 aliphatic rings. The fourth-order valence-electron chi connectivity index (χ4n) is 3.57. The highest BCUT2D eigenvalue weighted by atomic mass is 35.5. The SMILES string of the molecule is Cc1nn(CCC(=O)Nc2c(C(N)=O)sc3nc(C(F)F)cc(C4CC4)c23)c(C)c1Cl. The number of carbonyl (C=O) groups excluding carboxylic acids is 2. The van der Waals surface area contributed by atoms with E-state index in [2.05, 4.69) is 15.4 Å². The van der Waals surface area contributed by atoms with Gasteiger partial charge in [-0.15, -0.1) is 11.3 Å². The second-order valence-corrected chi connectivity index (χ2v) is 8.95. The van der Waals surface area contributed by atoms with E-state index in [1.807, 2.05) is 6.92 Å². The first-order chi connectivity index (χ1) is 14.7. The number of carbonyl (C=O) groups is 2. The van der Waals surface area contributed by atoms with Crippen LogP contribution in [0.25, 0.3) is 10.2 Å². The molecule has 4 rings (SSSR count). The molecule has 1 aliphatic carbocycles. The lowest BCUT2D eigenvalue weighted by molar-refractivity contribution is -0.116. The number of halogens is 3. The van der Waals surface area contributed by atoms with Crippen molar-refractivity contribution in [2.24, 2.45) is 5.73 Å². The van der Waals surface area contributed by atoms with Crippen molar-refractivity contribution in [3.8, 4) is 0 Å². The Bertz CT molecular complexity index is 1200. The molecule has 0 saturated heterocycles. The maximum absolute atomic E-state index is 13.3. The number of aromatic nitrogens is 3. The Balaban J connectivity index is 1.67. The van der Waals surface area contributed by atoms with Gasteiger partial charge in [0.15, 0.2) is 0 Å². The number of anilines is 1. The van der Waals surface area contributed by atoms with Crippen molar-refractivity contribution in [1.82, 2.24) is 14.8 Å². The molecule has 164 valence electrons. The summed E-state index contributed by atoms with van der Waals surface area (Å²) in [5.74, 6) is -1.000. The van der Waals surface area contributed by atoms with Crippen molar-refractivity contribution in [3.63, 3.8) is 0 Å². The van der Waals surface area contributed by atoms with Crippen LogP contribution in [-0.2, 0) is 11.3 Å². The summed E-state index contributed by atoms with van der Waals surface area (Å²) in [5, 5.41) is 8.14. The van der Waals surface area contributed by atoms with Gasteiger partial charge in [0.05, 0.1) is 28.6 Å². The monoisotopic (exact) mass is 467 g/mol. The molecule has 3 N–H and O–H groups in total. The van der Waals surface area contributed by atoms with Gasteiger partial charge in [-0.2, -0.15) is 5.10 Å². The van der Waals surface area contributed by atoms with Gasteiger partial charge in [-0.3, -0.25) is 14.3 Å². The quantitative estimate of drug-likeness (QED) is 0.525. The zero-order chi connectivity index (χ0) is 22.4. The number of pyridine rings is 1. The molecule has 31 heavy (non-hydrogen) atoms. The van der Waals surface area contributed by atoms with E-state index < -0.39 is 12.3 Å². The van der Waals surface area contributed by atoms with Crippen LogP contribution in [0.3, 0.4) is 0 Å². The standard InChI is InChI=1S/C20H20ClF2N5O2S/c1-8-15(21)9(2)28(27-8)6-5-13(29)26-16-14-11(10-3-4-10)7-12(18(22)23)25-20(14)31-17(16)19(24)30/h7,10,18H,3-6H2,1-2H3,(H2,24,30)(H,26,29). The molecule has 0 radical (unpaired) electrons. The number of amides is 2. The topological polar surface area (TPSA) is 103 Å². The molecule has 3 aromatic heterocycles. The summed E-state index contributed by atoms with van der Waals surface area (Å²) in [6.45, 7) is 3.89. The van der Waals surface area contributed by atoms with E-state index in [0.717, 1.165) is 29.9 Å². The van der Waals surface area contributed by atoms with Gasteiger partial charge in [0.2, 0.25) is 5.91 Å². The summed E-state index contributed by atoms with van der Waals surface area (Å²) in [4.78, 5) is 29.1. The summed E-state index contributed by atoms with van der Waals surface area (Å²) < 4.78 is 28.3. The number of fused-ring (bicyclic) bond motifs is 1. The molecule has 0 unspecified atom stereocenters. The summed E-state index contributed by atoms with van der Waals surface area (Å²) in [6, 6.07) is 1.37. The predicted octanol–water partition coefficient (Wildman–Crippen LogP) is 4.71. The minimum Gasteiger partial charge on any atom is -0.365 e. The normalized spacial score (nSPS) is 13.9. The van der Waals surface area contributed by atoms with Crippen molar-refractivity contribution >= 4 is 50.7 Å². The second-order valence-electron chi connectivity index (χ2n) is 7.57. The highest BCUT2D eigenvalue weighted by Gasteiger charge is 2.31. The molecule has 1 fully saturated rings. The number of primary amides is 1. The Labute approximate surface area is 185 Å². The van der Waals surface area contributed by atoms with Gasteiger partial charge >= 0.3 is 0 Å². The number of hydrogen-bond donors (Lipinski definition) is 2. The molecule has 0 atom stereocenters. The van der Waals surface area contributed by atoms with Crippen LogP contribution in [0.15, 0.2) is 6.07 Å². The van der Waals surface area contributed by atoms with E-state index in [1.54, 1.807) is 11.6 Å². The number of alkyl halides is 2. The molecule has 0 bridgehead atoms. The van der Waals surface area contributed by atoms with Crippen molar-refractivity contribution in [1.29, 1.82) is 0 Å². The first-order valence-corrected chi connectivity index (χ1v) is 10.9. The van der Waals surface area contributed by atoms with Crippen LogP contribution < -0.4 is 11.1 Å². The van der Waals surface area contributed by atoms with E-state index in [9.17, 15) is 18.4 Å². The first-order valence-electron chi connectivity index (χ1n) is 9.72. The largest absolute Gasteiger partial charge is 0.365 e. The zero-order valence-corrected chi connectivity index (χ0v) is 18.4. The molecule has 1 saturated carbocycles. The molecule has 2 amide bonds. The van der Waals surface area contributed by atoms with Gasteiger partial charge in [0.1, 0.15) is 15.4 Å². The summed E-state index contributed by atoms with van der Waals surface area (Å²) >= 11 is 7.06. The number of hydrogen-bond acceptors (Lipinski definition) is 5. The fourth-order valence-corrected chi connectivity index (χ4v) is 4.73. The Morgan fingerprint density at radius 1 is 1.39 bits per heavy atom. The Kier molecular flexibility index (Phi) is 5.69. The Hall–Kier alpha value is -2.59. The van der Waals surface area contributed by atoms with Gasteiger partial charge in [-0.1, -0.05) is 11.6 Å². The lowest BCUT2D eigenvalue weighted by Crippen LogP contribution is -2.18. The smallest absolute Gasteiger partial charge is 0.280 e. The van der Waals surface area contributed by atoms with Crippen molar-refractivity contribution in [2.75, 3.05) is 5.32 Å². The summed E-state index contributed by atoms with van der Waals surface area (Å²) in [7, 11) is 0. The average molecular weight is 468 g/mol. The van der Waals surface area contributed by atoms with E-state index >= 15 is 0 Å². The highest BCUT2D eigenvalue weighted by Crippen LogP contribution is 2.48. The van der Waals surface area contributed by atoms with Gasteiger partial charge in [0.25, 0.3) is 12.3 Å². The predicted molar refractivity (Wildman–Crippen MR) is 115 cm³/mol. The molecule has 11 heteroatoms. The zero-order valence-electron chi connectivity index (χ0n) is 16.8. The van der Waals surface area contributed by atoms with Gasteiger partial charge < -0.3 is 11.1 Å². The van der Waals surface area contributed by atoms with Crippen LogP contribution in [0.2, 0.25) is 5.02 Å². The first kappa shape index (κ1) is 21.6. The second kappa shape index (κ2) is 8.16. The molecule has 3 aromatic rings. The van der Waals surface area contributed by atoms with Crippen LogP contribution in [0, 0.1) is 13.8 Å². The fraction of sp³-hybridized carbons (Fsp3) is 0.400. The van der Waals surface area contributed by atoms with Gasteiger partial charge in [-0.25, -0.2) is 13.8 Å². The van der Waals surface area contributed by atoms with E-state index in [4.69, 9.17) is 17.3 Å². The van der Waals surface area contributed by atoms with Crippen molar-refractivity contribution < 1.29 is 18.4 Å². The number of nitrogens with two attached hydrogens (primary N) is 1. The maximum atomic E-state index is 13.3. The lowest BCUT2D eigenvalue weighted by atomic mass is 10.0. The average Bonchev–Trinajstić information content (AvgIpc) is 3.46. The molecule has 7 nitrogen and oxygen atoms in total. The third-order valence-electron chi connectivity index (χ3n) is 5.29. The van der Waals surface area contributed by atoms with E-state index in [-0.39, 0.29) is 39.3 Å². The van der Waals surface area contributed by atoms with E-state index in [0.29, 0.717) is 28.2 Å². The van der Waals surface area contributed by atoms with E-state index in [1.165, 1.54) is 6.07 Å². The third-order valence-corrected chi connectivity index (χ3v) is 6.93. The van der Waals surface area contributed by atoms with Crippen LogP contribution in [0.4, 0.5) is 14.5 Å². The summed E-state index contributed by atoms with van der Waals surface area (Å²) in [5.41, 5.74) is 7.52. The van der Waals surface area contributed by atoms with Crippen molar-refractivity contribution in [3.05, 3.63) is 38.6 Å². The number of nitrogens with one attached hydrogen (secondary N) is 1. The Morgan fingerprint density at radius 3 is 2.65 bits per heavy atom. The number of thiophene rings is 1. The van der Waals surface area contributed by atoms with Crippen LogP contribution in [0.1, 0.15) is 63.9 Å². The molecule has 0 aromatic carbocycles. The van der Waals surface area contributed by atoms with Crippen LogP contribution >= 0.6 is 22.9 Å².